The SMILES string of the molecule is CC.CCCNc1ncc(NC(=O)N[C@H](c2oc3c(C)cc(F)cc3c2C)C(F)(F)F)cn1.[HH].[HH].[HH]. The van der Waals surface area contributed by atoms with Crippen molar-refractivity contribution in [2.45, 2.75) is 53.3 Å². The van der Waals surface area contributed by atoms with Gasteiger partial charge in [0.1, 0.15) is 17.2 Å². The molecule has 0 fully saturated rings. The fraction of sp³-hybridized carbons (Fsp3) is 0.409. The van der Waals surface area contributed by atoms with Crippen LogP contribution in [-0.2, 0) is 0 Å². The predicted octanol–water partition coefficient (Wildman–Crippen LogP) is 6.99. The van der Waals surface area contributed by atoms with Gasteiger partial charge in [-0.15, -0.1) is 0 Å². The summed E-state index contributed by atoms with van der Waals surface area (Å²) in [6.45, 7) is 9.53. The number of fused-ring (bicyclic) bond motifs is 1. The Kier molecular flexibility index (Phi) is 8.61. The second kappa shape index (κ2) is 11.0. The standard InChI is InChI=1S/C20H21F4N5O2.C2H6.3H2/c1-4-5-25-18-26-8-13(9-27-18)28-19(30)29-17(20(22,23)24)16-11(3)14-7-12(21)6-10(2)15(14)31-16;1-2;;;/h6-9,17H,4-5H2,1-3H3,(H,25,26,27)(H2,28,29,30);1-2H3;3*1H/t17-;;;;/m1..../s1. The topological polar surface area (TPSA) is 92.1 Å². The van der Waals surface area contributed by atoms with Gasteiger partial charge in [-0.05, 0) is 38.0 Å². The van der Waals surface area contributed by atoms with Crippen molar-refractivity contribution in [1.82, 2.24) is 15.3 Å². The molecule has 0 radical (unpaired) electrons. The zero-order chi connectivity index (χ0) is 24.8. The van der Waals surface area contributed by atoms with Crippen LogP contribution in [0, 0.1) is 19.7 Å². The third-order valence-electron chi connectivity index (χ3n) is 4.53. The minimum Gasteiger partial charge on any atom is -0.458 e. The van der Waals surface area contributed by atoms with Crippen molar-refractivity contribution >= 4 is 28.6 Å². The van der Waals surface area contributed by atoms with Crippen LogP contribution in [0.4, 0.5) is 34.0 Å². The van der Waals surface area contributed by atoms with E-state index < -0.39 is 29.8 Å². The summed E-state index contributed by atoms with van der Waals surface area (Å²) in [5.74, 6) is -0.769. The van der Waals surface area contributed by atoms with E-state index in [0.29, 0.717) is 18.1 Å². The molecule has 0 bridgehead atoms. The first-order chi connectivity index (χ1) is 15.6. The van der Waals surface area contributed by atoms with Crippen LogP contribution >= 0.6 is 0 Å². The highest BCUT2D eigenvalue weighted by molar-refractivity contribution is 5.90. The van der Waals surface area contributed by atoms with Crippen LogP contribution in [0.15, 0.2) is 28.9 Å². The lowest BCUT2D eigenvalue weighted by atomic mass is 10.1. The number of alkyl halides is 3. The van der Waals surface area contributed by atoms with Gasteiger partial charge in [-0.2, -0.15) is 13.2 Å². The summed E-state index contributed by atoms with van der Waals surface area (Å²) in [6.07, 6.45) is -1.46. The second-order valence-electron chi connectivity index (χ2n) is 6.99. The number of halogens is 4. The summed E-state index contributed by atoms with van der Waals surface area (Å²) in [5, 5.41) is 7.29. The van der Waals surface area contributed by atoms with Gasteiger partial charge in [0.2, 0.25) is 5.95 Å². The lowest BCUT2D eigenvalue weighted by Crippen LogP contribution is -2.40. The molecule has 2 heterocycles. The van der Waals surface area contributed by atoms with E-state index in [2.05, 4.69) is 20.6 Å². The number of nitrogens with zero attached hydrogens (tertiary/aromatic N) is 2. The normalized spacial score (nSPS) is 12.0. The van der Waals surface area contributed by atoms with E-state index in [1.54, 1.807) is 0 Å². The maximum Gasteiger partial charge on any atom is 0.416 e. The number of hydrogen-bond donors (Lipinski definition) is 3. The monoisotopic (exact) mass is 475 g/mol. The van der Waals surface area contributed by atoms with Gasteiger partial charge in [0, 0.05) is 21.8 Å². The van der Waals surface area contributed by atoms with Gasteiger partial charge in [0.05, 0.1) is 18.1 Å². The Morgan fingerprint density at radius 3 is 2.39 bits per heavy atom. The second-order valence-corrected chi connectivity index (χ2v) is 6.99. The molecule has 7 nitrogen and oxygen atoms in total. The lowest BCUT2D eigenvalue weighted by Gasteiger charge is -2.20. The molecule has 0 aliphatic carbocycles. The number of hydrogen-bond acceptors (Lipinski definition) is 5. The number of furan rings is 1. The van der Waals surface area contributed by atoms with Crippen LogP contribution in [0.2, 0.25) is 0 Å². The minimum absolute atomic E-state index is 0. The van der Waals surface area contributed by atoms with E-state index in [1.807, 2.05) is 26.1 Å². The summed E-state index contributed by atoms with van der Waals surface area (Å²) < 4.78 is 60.4. The van der Waals surface area contributed by atoms with Gasteiger partial charge in [0.25, 0.3) is 0 Å². The first-order valence-electron chi connectivity index (χ1n) is 10.5. The Hall–Kier alpha value is -3.37. The molecule has 1 atom stereocenters. The zero-order valence-corrected chi connectivity index (χ0v) is 19.0. The van der Waals surface area contributed by atoms with Crippen molar-refractivity contribution in [3.8, 4) is 0 Å². The summed E-state index contributed by atoms with van der Waals surface area (Å²) in [5.41, 5.74) is 0.687. The van der Waals surface area contributed by atoms with E-state index in [9.17, 15) is 22.4 Å². The summed E-state index contributed by atoms with van der Waals surface area (Å²) >= 11 is 0. The molecule has 11 heteroatoms. The Labute approximate surface area is 193 Å². The van der Waals surface area contributed by atoms with Gasteiger partial charge in [0.15, 0.2) is 6.04 Å². The molecule has 0 spiro atoms. The number of rotatable bonds is 6. The molecule has 0 saturated carbocycles. The molecule has 0 aliphatic heterocycles. The minimum atomic E-state index is -4.85. The number of carbonyl (C=O) groups excluding carboxylic acids is 1. The summed E-state index contributed by atoms with van der Waals surface area (Å²) in [7, 11) is 0. The Bertz CT molecular complexity index is 1100. The first-order valence-corrected chi connectivity index (χ1v) is 10.5. The Morgan fingerprint density at radius 2 is 1.82 bits per heavy atom. The fourth-order valence-electron chi connectivity index (χ4n) is 3.05. The average molecular weight is 476 g/mol. The molecular weight excluding hydrogens is 442 g/mol. The predicted molar refractivity (Wildman–Crippen MR) is 125 cm³/mol. The van der Waals surface area contributed by atoms with Crippen LogP contribution in [0.25, 0.3) is 11.0 Å². The van der Waals surface area contributed by atoms with E-state index in [4.69, 9.17) is 4.42 Å². The fourth-order valence-corrected chi connectivity index (χ4v) is 3.05. The maximum absolute atomic E-state index is 13.8. The van der Waals surface area contributed by atoms with Crippen LogP contribution < -0.4 is 16.0 Å². The molecular formula is C22H33F4N5O2. The highest BCUT2D eigenvalue weighted by Gasteiger charge is 2.45. The van der Waals surface area contributed by atoms with Gasteiger partial charge in [-0.3, -0.25) is 0 Å². The van der Waals surface area contributed by atoms with E-state index >= 15 is 0 Å². The number of nitrogens with one attached hydrogen (secondary N) is 3. The number of benzene rings is 1. The molecule has 3 N–H and O–H groups in total. The first kappa shape index (κ1) is 25.9. The number of amides is 2. The molecule has 2 aromatic heterocycles. The quantitative estimate of drug-likeness (QED) is 0.334. The van der Waals surface area contributed by atoms with Crippen molar-refractivity contribution in [3.05, 3.63) is 47.2 Å². The molecule has 3 aromatic rings. The maximum atomic E-state index is 13.8. The molecule has 2 amide bonds. The molecule has 1 aromatic carbocycles. The lowest BCUT2D eigenvalue weighted by molar-refractivity contribution is -0.158. The zero-order valence-electron chi connectivity index (χ0n) is 19.0. The van der Waals surface area contributed by atoms with Crippen molar-refractivity contribution in [1.29, 1.82) is 0 Å². The van der Waals surface area contributed by atoms with Crippen LogP contribution in [0.3, 0.4) is 0 Å². The molecule has 0 unspecified atom stereocenters. The molecule has 0 saturated heterocycles. The number of anilines is 2. The van der Waals surface area contributed by atoms with Gasteiger partial charge < -0.3 is 20.4 Å². The van der Waals surface area contributed by atoms with E-state index in [0.717, 1.165) is 18.6 Å². The van der Waals surface area contributed by atoms with Gasteiger partial charge in [-0.1, -0.05) is 20.8 Å². The molecule has 186 valence electrons. The molecule has 3 rings (SSSR count). The van der Waals surface area contributed by atoms with Gasteiger partial charge in [-0.25, -0.2) is 19.2 Å². The van der Waals surface area contributed by atoms with Gasteiger partial charge >= 0.3 is 12.2 Å². The highest BCUT2D eigenvalue weighted by Crippen LogP contribution is 2.39. The van der Waals surface area contributed by atoms with E-state index in [-0.39, 0.29) is 26.5 Å². The Morgan fingerprint density at radius 1 is 1.18 bits per heavy atom. The number of carbonyl (C=O) groups is 1. The largest absolute Gasteiger partial charge is 0.458 e. The van der Waals surface area contributed by atoms with Crippen LogP contribution in [-0.4, -0.2) is 28.7 Å². The van der Waals surface area contributed by atoms with Crippen molar-refractivity contribution in [3.63, 3.8) is 0 Å². The number of aryl methyl sites for hydroxylation is 2. The summed E-state index contributed by atoms with van der Waals surface area (Å²) in [6, 6.07) is -1.29. The average Bonchev–Trinajstić information content (AvgIpc) is 3.08. The van der Waals surface area contributed by atoms with E-state index in [1.165, 1.54) is 26.2 Å². The molecule has 0 aliphatic rings. The molecule has 33 heavy (non-hydrogen) atoms. The summed E-state index contributed by atoms with van der Waals surface area (Å²) in [4.78, 5) is 20.2. The Balaban J connectivity index is 0. The van der Waals surface area contributed by atoms with Crippen LogP contribution in [0.5, 0.6) is 0 Å². The third-order valence-corrected chi connectivity index (χ3v) is 4.53. The van der Waals surface area contributed by atoms with Crippen LogP contribution in [0.1, 0.15) is 54.4 Å². The smallest absolute Gasteiger partial charge is 0.416 e. The number of aromatic nitrogens is 2. The van der Waals surface area contributed by atoms with Crippen molar-refractivity contribution < 1.29 is 31.1 Å². The number of urea groups is 1. The van der Waals surface area contributed by atoms with Crippen molar-refractivity contribution in [2.75, 3.05) is 17.2 Å². The van der Waals surface area contributed by atoms with Crippen molar-refractivity contribution in [2.24, 2.45) is 0 Å². The highest BCUT2D eigenvalue weighted by atomic mass is 19.4. The third kappa shape index (κ3) is 6.33.